The van der Waals surface area contributed by atoms with E-state index < -0.39 is 32.1 Å². The number of thioether (sulfide) groups is 1. The van der Waals surface area contributed by atoms with Crippen molar-refractivity contribution in [2.24, 2.45) is 5.73 Å². The maximum absolute atomic E-state index is 13.7. The summed E-state index contributed by atoms with van der Waals surface area (Å²) in [6.07, 6.45) is 7.75. The highest BCUT2D eigenvalue weighted by atomic mass is 35.5. The molecular formula is C21H30Cl2N4O6S3. The van der Waals surface area contributed by atoms with Crippen molar-refractivity contribution in [3.8, 4) is 5.88 Å². The summed E-state index contributed by atoms with van der Waals surface area (Å²) in [5.41, 5.74) is 5.77. The Morgan fingerprint density at radius 2 is 1.92 bits per heavy atom. The van der Waals surface area contributed by atoms with E-state index >= 15 is 0 Å². The molecule has 1 aromatic heterocycles. The number of anilines is 1. The lowest BCUT2D eigenvalue weighted by Gasteiger charge is -2.27. The highest BCUT2D eigenvalue weighted by molar-refractivity contribution is 8.32. The van der Waals surface area contributed by atoms with Gasteiger partial charge in [0.1, 0.15) is 22.7 Å². The molecule has 36 heavy (non-hydrogen) atoms. The number of carbonyl (C=O) groups is 1. The molecule has 1 aromatic carbocycles. The minimum Gasteiger partial charge on any atom is -0.478 e. The fraction of sp³-hybridized carbons (Fsp3) is 0.476. The van der Waals surface area contributed by atoms with Crippen molar-refractivity contribution in [1.82, 2.24) is 9.97 Å². The molecule has 1 atom stereocenters. The van der Waals surface area contributed by atoms with Crippen LogP contribution in [0.2, 0.25) is 10.0 Å². The van der Waals surface area contributed by atoms with Crippen LogP contribution in [-0.2, 0) is 24.3 Å². The molecule has 0 radical (unpaired) electrons. The van der Waals surface area contributed by atoms with Gasteiger partial charge in [-0.25, -0.2) is 32.7 Å². The van der Waals surface area contributed by atoms with Crippen molar-refractivity contribution in [1.29, 1.82) is 0 Å². The summed E-state index contributed by atoms with van der Waals surface area (Å²) in [7, 11) is -2.55. The van der Waals surface area contributed by atoms with Crippen molar-refractivity contribution < 1.29 is 27.4 Å². The van der Waals surface area contributed by atoms with Crippen LogP contribution < -0.4 is 14.8 Å². The Kier molecular flexibility index (Phi) is 11.4. The maximum Gasteiger partial charge on any atom is 0.323 e. The van der Waals surface area contributed by atoms with E-state index in [1.54, 1.807) is 0 Å². The zero-order valence-corrected chi connectivity index (χ0v) is 24.5. The molecule has 202 valence electrons. The number of hydrogen-bond donors (Lipinski definition) is 1. The van der Waals surface area contributed by atoms with E-state index in [1.165, 1.54) is 38.6 Å². The Morgan fingerprint density at radius 3 is 2.53 bits per heavy atom. The molecule has 0 fully saturated rings. The first-order valence-corrected chi connectivity index (χ1v) is 16.6. The fourth-order valence-electron chi connectivity index (χ4n) is 2.63. The summed E-state index contributed by atoms with van der Waals surface area (Å²) in [4.78, 5) is 20.0. The number of nitrogens with two attached hydrogens (primary N) is 1. The molecule has 0 saturated carbocycles. The van der Waals surface area contributed by atoms with Gasteiger partial charge in [0.05, 0.1) is 37.1 Å². The third-order valence-electron chi connectivity index (χ3n) is 4.58. The van der Waals surface area contributed by atoms with Gasteiger partial charge in [-0.2, -0.15) is 0 Å². The summed E-state index contributed by atoms with van der Waals surface area (Å²) in [5.74, 6) is 0.209. The van der Waals surface area contributed by atoms with Gasteiger partial charge in [-0.05, 0) is 30.9 Å². The van der Waals surface area contributed by atoms with Gasteiger partial charge in [0.25, 0.3) is 15.9 Å². The molecule has 15 heteroatoms. The lowest BCUT2D eigenvalue weighted by molar-refractivity contribution is -0.141. The van der Waals surface area contributed by atoms with Crippen molar-refractivity contribution in [2.45, 2.75) is 16.0 Å². The Bertz CT molecular complexity index is 1160. The Hall–Kier alpha value is -1.48. The van der Waals surface area contributed by atoms with E-state index in [0.717, 1.165) is 21.8 Å². The summed E-state index contributed by atoms with van der Waals surface area (Å²) in [5, 5.41) is 0.325. The number of esters is 1. The van der Waals surface area contributed by atoms with Gasteiger partial charge in [-0.15, -0.1) is 11.8 Å². The van der Waals surface area contributed by atoms with Crippen LogP contribution in [0.3, 0.4) is 0 Å². The molecule has 0 bridgehead atoms. The number of nitrogens with zero attached hydrogens (tertiary/aromatic N) is 3. The number of hydrogen-bond acceptors (Lipinski definition) is 10. The number of carbonyl (C=O) groups excluding carboxylic acids is 1. The minimum atomic E-state index is -4.28. The lowest BCUT2D eigenvalue weighted by Crippen LogP contribution is -2.35. The average molecular weight is 602 g/mol. The van der Waals surface area contributed by atoms with Crippen LogP contribution in [0.4, 0.5) is 5.82 Å². The third-order valence-corrected chi connectivity index (χ3v) is 9.67. The summed E-state index contributed by atoms with van der Waals surface area (Å²) in [6.45, 7) is -0.0192. The number of sulfonamides is 1. The molecule has 1 unspecified atom stereocenters. The normalized spacial score (nSPS) is 13.2. The van der Waals surface area contributed by atoms with E-state index in [4.69, 9.17) is 38.4 Å². The van der Waals surface area contributed by atoms with E-state index in [9.17, 15) is 13.2 Å². The number of halogens is 2. The Balaban J connectivity index is 2.43. The first-order chi connectivity index (χ1) is 16.8. The smallest absolute Gasteiger partial charge is 0.323 e. The van der Waals surface area contributed by atoms with E-state index in [-0.39, 0.29) is 39.1 Å². The molecule has 0 aliphatic rings. The highest BCUT2D eigenvalue weighted by Crippen LogP contribution is 2.36. The summed E-state index contributed by atoms with van der Waals surface area (Å²) in [6, 6.07) is 3.44. The quantitative estimate of drug-likeness (QED) is 0.158. The predicted molar refractivity (Wildman–Crippen MR) is 146 cm³/mol. The number of rotatable bonds is 13. The zero-order valence-electron chi connectivity index (χ0n) is 20.6. The second-order valence-electron chi connectivity index (χ2n) is 8.22. The number of ether oxygens (including phenoxy) is 3. The van der Waals surface area contributed by atoms with Gasteiger partial charge in [0.15, 0.2) is 0 Å². The number of aromatic nitrogens is 2. The summed E-state index contributed by atoms with van der Waals surface area (Å²) >= 11 is 13.5. The molecule has 10 nitrogen and oxygen atoms in total. The molecule has 0 spiro atoms. The molecular weight excluding hydrogens is 571 g/mol. The van der Waals surface area contributed by atoms with Gasteiger partial charge >= 0.3 is 5.97 Å². The minimum absolute atomic E-state index is 0.0709. The third kappa shape index (κ3) is 8.27. The van der Waals surface area contributed by atoms with E-state index in [0.29, 0.717) is 11.6 Å². The second-order valence-corrected chi connectivity index (χ2v) is 16.5. The van der Waals surface area contributed by atoms with Gasteiger partial charge < -0.3 is 19.9 Å². The van der Waals surface area contributed by atoms with Gasteiger partial charge in [0.2, 0.25) is 5.82 Å². The number of methoxy groups -OCH3 is 2. The largest absolute Gasteiger partial charge is 0.478 e. The summed E-state index contributed by atoms with van der Waals surface area (Å²) < 4.78 is 44.0. The van der Waals surface area contributed by atoms with E-state index in [2.05, 4.69) is 33.5 Å². The fourth-order valence-corrected chi connectivity index (χ4v) is 6.04. The molecule has 2 aromatic rings. The van der Waals surface area contributed by atoms with Crippen LogP contribution in [0, 0.1) is 0 Å². The van der Waals surface area contributed by atoms with Crippen LogP contribution in [-0.4, -0.2) is 88.2 Å². The van der Waals surface area contributed by atoms with Crippen LogP contribution in [0.15, 0.2) is 34.3 Å². The van der Waals surface area contributed by atoms with Crippen LogP contribution in [0.5, 0.6) is 5.88 Å². The van der Waals surface area contributed by atoms with Gasteiger partial charge in [0, 0.05) is 11.5 Å². The molecule has 2 N–H and O–H groups in total. The topological polar surface area (TPSA) is 134 Å². The van der Waals surface area contributed by atoms with Crippen molar-refractivity contribution in [3.05, 3.63) is 34.4 Å². The lowest BCUT2D eigenvalue weighted by atomic mass is 10.4. The van der Waals surface area contributed by atoms with E-state index in [1.807, 2.05) is 0 Å². The molecule has 2 rings (SSSR count). The van der Waals surface area contributed by atoms with Gasteiger partial charge in [-0.3, -0.25) is 4.79 Å². The van der Waals surface area contributed by atoms with Crippen LogP contribution in [0.1, 0.15) is 0 Å². The standard InChI is InChI=1S/C21H30Cl2N4O6S3/c1-31-20-19(25-11-17(26-20)34-12-15(24)21(28)32-2)27(13-33-9-10-35(3,4)5)36(29,30)16-8-6-7-14(22)18(16)23/h6-8,11,15H,9-10,12-13,24H2,1-5H3. The Morgan fingerprint density at radius 1 is 1.22 bits per heavy atom. The Labute approximate surface area is 227 Å². The van der Waals surface area contributed by atoms with Gasteiger partial charge in [-0.1, -0.05) is 29.3 Å². The second kappa shape index (κ2) is 13.4. The average Bonchev–Trinajstić information content (AvgIpc) is 2.82. The molecule has 0 amide bonds. The van der Waals surface area contributed by atoms with Crippen molar-refractivity contribution in [3.63, 3.8) is 0 Å². The zero-order chi connectivity index (χ0) is 27.1. The van der Waals surface area contributed by atoms with Crippen molar-refractivity contribution in [2.75, 3.05) is 62.1 Å². The first-order valence-electron chi connectivity index (χ1n) is 10.4. The predicted octanol–water partition coefficient (Wildman–Crippen LogP) is 3.25. The molecule has 0 aliphatic heterocycles. The maximum atomic E-state index is 13.7. The van der Waals surface area contributed by atoms with Crippen LogP contribution in [0.25, 0.3) is 0 Å². The highest BCUT2D eigenvalue weighted by Gasteiger charge is 2.32. The number of benzene rings is 1. The monoisotopic (exact) mass is 600 g/mol. The SMILES string of the molecule is COC(=O)C(N)CSc1cnc(N(COCCS(C)(C)C)S(=O)(=O)c2cccc(Cl)c2Cl)c(OC)n1. The molecule has 1 heterocycles. The molecule has 0 saturated heterocycles. The van der Waals surface area contributed by atoms with Crippen molar-refractivity contribution >= 4 is 66.8 Å². The van der Waals surface area contributed by atoms with Crippen LogP contribution >= 0.6 is 45.0 Å². The first kappa shape index (κ1) is 30.7. The molecule has 0 aliphatic carbocycles.